The Bertz CT molecular complexity index is 765. The number of hydrogen-bond donors (Lipinski definition) is 1. The second-order valence-electron chi connectivity index (χ2n) is 7.49. The Kier molecular flexibility index (Phi) is 4.44. The van der Waals surface area contributed by atoms with Gasteiger partial charge >= 0.3 is 0 Å². The molecule has 0 spiro atoms. The highest BCUT2D eigenvalue weighted by Gasteiger charge is 2.33. The van der Waals surface area contributed by atoms with E-state index in [0.29, 0.717) is 5.92 Å². The number of anilines is 1. The van der Waals surface area contributed by atoms with E-state index in [4.69, 9.17) is 4.74 Å². The van der Waals surface area contributed by atoms with Crippen molar-refractivity contribution >= 4 is 16.5 Å². The molecular weight excluding hydrogens is 350 g/mol. The average molecular weight is 375 g/mol. The first-order valence-electron chi connectivity index (χ1n) is 9.51. The second kappa shape index (κ2) is 6.92. The number of aliphatic hydroxyl groups is 1. The Morgan fingerprint density at radius 1 is 1.23 bits per heavy atom. The molecule has 3 aliphatic rings. The number of fused-ring (bicyclic) bond motifs is 1. The van der Waals surface area contributed by atoms with Crippen LogP contribution in [0.15, 0.2) is 12.3 Å². The minimum atomic E-state index is -0.376. The van der Waals surface area contributed by atoms with Crippen molar-refractivity contribution in [2.24, 2.45) is 5.92 Å². The van der Waals surface area contributed by atoms with Crippen LogP contribution in [0.3, 0.4) is 0 Å². The number of aromatic nitrogens is 3. The molecule has 2 aromatic rings. The topological polar surface area (TPSA) is 66.7 Å². The van der Waals surface area contributed by atoms with E-state index in [2.05, 4.69) is 30.6 Å². The quantitative estimate of drug-likeness (QED) is 0.857. The molecule has 2 aromatic heterocycles. The van der Waals surface area contributed by atoms with Crippen LogP contribution in [0, 0.1) is 5.92 Å². The van der Waals surface area contributed by atoms with Crippen LogP contribution in [0.25, 0.3) is 0 Å². The van der Waals surface area contributed by atoms with Gasteiger partial charge in [0.15, 0.2) is 5.13 Å². The molecular formula is C18H25N5O2S. The van der Waals surface area contributed by atoms with Crippen LogP contribution in [-0.2, 0) is 24.4 Å². The molecule has 1 atom stereocenters. The summed E-state index contributed by atoms with van der Waals surface area (Å²) in [5.41, 5.74) is 2.07. The van der Waals surface area contributed by atoms with Crippen LogP contribution in [0.2, 0.25) is 0 Å². The minimum Gasteiger partial charge on any atom is -0.386 e. The lowest BCUT2D eigenvalue weighted by molar-refractivity contribution is 0.122. The van der Waals surface area contributed by atoms with Gasteiger partial charge in [-0.2, -0.15) is 5.10 Å². The maximum absolute atomic E-state index is 10.3. The smallest absolute Gasteiger partial charge is 0.185 e. The fraction of sp³-hybridized carbons (Fsp3) is 0.667. The first kappa shape index (κ1) is 16.7. The summed E-state index contributed by atoms with van der Waals surface area (Å²) in [7, 11) is 0. The molecule has 140 valence electrons. The highest BCUT2D eigenvalue weighted by atomic mass is 32.1. The Hall–Kier alpha value is -1.48. The Labute approximate surface area is 157 Å². The summed E-state index contributed by atoms with van der Waals surface area (Å²) in [6, 6.07) is 2.10. The van der Waals surface area contributed by atoms with Gasteiger partial charge in [-0.1, -0.05) is 0 Å². The highest BCUT2D eigenvalue weighted by Crippen LogP contribution is 2.40. The molecule has 1 aliphatic carbocycles. The zero-order valence-electron chi connectivity index (χ0n) is 14.9. The summed E-state index contributed by atoms with van der Waals surface area (Å²) in [6.45, 7) is 7.13. The molecule has 2 fully saturated rings. The van der Waals surface area contributed by atoms with Crippen LogP contribution >= 0.6 is 11.3 Å². The fourth-order valence-corrected chi connectivity index (χ4v) is 4.77. The molecule has 0 unspecified atom stereocenters. The standard InChI is InChI=1S/C18H25N5O2S/c24-17(13-1-2-13)16-9-14-11-21(3-4-23(14)20-16)12-15-10-19-18(26-15)22-5-7-25-8-6-22/h9-10,13,17,24H,1-8,11-12H2/t17-/m0/s1. The van der Waals surface area contributed by atoms with E-state index in [1.54, 1.807) is 11.3 Å². The van der Waals surface area contributed by atoms with Crippen molar-refractivity contribution in [3.05, 3.63) is 28.5 Å². The average Bonchev–Trinajstić information content (AvgIpc) is 3.27. The molecule has 8 heteroatoms. The zero-order valence-corrected chi connectivity index (χ0v) is 15.7. The van der Waals surface area contributed by atoms with Crippen LogP contribution < -0.4 is 4.90 Å². The van der Waals surface area contributed by atoms with Gasteiger partial charge < -0.3 is 14.7 Å². The van der Waals surface area contributed by atoms with Gasteiger partial charge in [0.1, 0.15) is 6.10 Å². The van der Waals surface area contributed by atoms with Crippen molar-refractivity contribution in [1.29, 1.82) is 0 Å². The maximum Gasteiger partial charge on any atom is 0.185 e. The van der Waals surface area contributed by atoms with Crippen LogP contribution in [-0.4, -0.2) is 57.6 Å². The van der Waals surface area contributed by atoms with Crippen molar-refractivity contribution in [3.8, 4) is 0 Å². The first-order valence-corrected chi connectivity index (χ1v) is 10.3. The van der Waals surface area contributed by atoms with E-state index in [9.17, 15) is 5.11 Å². The predicted octanol–water partition coefficient (Wildman–Crippen LogP) is 1.64. The Morgan fingerprint density at radius 2 is 2.08 bits per heavy atom. The minimum absolute atomic E-state index is 0.376. The fourth-order valence-electron chi connectivity index (χ4n) is 3.77. The first-order chi connectivity index (χ1) is 12.8. The molecule has 0 radical (unpaired) electrons. The number of morpholine rings is 1. The van der Waals surface area contributed by atoms with Crippen LogP contribution in [0.5, 0.6) is 0 Å². The van der Waals surface area contributed by atoms with Crippen LogP contribution in [0.4, 0.5) is 5.13 Å². The molecule has 1 N–H and O–H groups in total. The molecule has 0 bridgehead atoms. The number of ether oxygens (including phenoxy) is 1. The summed E-state index contributed by atoms with van der Waals surface area (Å²) in [5.74, 6) is 0.429. The van der Waals surface area contributed by atoms with E-state index in [-0.39, 0.29) is 6.10 Å². The molecule has 0 amide bonds. The molecule has 4 heterocycles. The van der Waals surface area contributed by atoms with Crippen molar-refractivity contribution in [3.63, 3.8) is 0 Å². The van der Waals surface area contributed by atoms with Gasteiger partial charge in [-0.3, -0.25) is 9.58 Å². The van der Waals surface area contributed by atoms with E-state index in [1.165, 1.54) is 10.6 Å². The summed E-state index contributed by atoms with van der Waals surface area (Å²) in [5, 5.41) is 16.1. The van der Waals surface area contributed by atoms with Gasteiger partial charge in [0.25, 0.3) is 0 Å². The third-order valence-electron chi connectivity index (χ3n) is 5.47. The third kappa shape index (κ3) is 3.38. The molecule has 5 rings (SSSR count). The Balaban J connectivity index is 1.23. The summed E-state index contributed by atoms with van der Waals surface area (Å²) >= 11 is 1.79. The van der Waals surface area contributed by atoms with Gasteiger partial charge in [0.2, 0.25) is 0 Å². The highest BCUT2D eigenvalue weighted by molar-refractivity contribution is 7.15. The van der Waals surface area contributed by atoms with E-state index in [0.717, 1.165) is 76.1 Å². The lowest BCUT2D eigenvalue weighted by atomic mass is 10.1. The number of hydrogen-bond acceptors (Lipinski definition) is 7. The molecule has 26 heavy (non-hydrogen) atoms. The van der Waals surface area contributed by atoms with Gasteiger partial charge in [-0.25, -0.2) is 4.98 Å². The lowest BCUT2D eigenvalue weighted by Crippen LogP contribution is -2.36. The van der Waals surface area contributed by atoms with Gasteiger partial charge in [-0.05, 0) is 24.8 Å². The van der Waals surface area contributed by atoms with E-state index < -0.39 is 0 Å². The molecule has 1 saturated heterocycles. The number of thiazole rings is 1. The Morgan fingerprint density at radius 3 is 2.88 bits per heavy atom. The predicted molar refractivity (Wildman–Crippen MR) is 99.2 cm³/mol. The number of nitrogens with zero attached hydrogens (tertiary/aromatic N) is 5. The SMILES string of the molecule is O[C@H](c1cc2n(n1)CCN(Cc1cnc(N3CCOCC3)s1)C2)C1CC1. The molecule has 0 aromatic carbocycles. The van der Waals surface area contributed by atoms with Crippen molar-refractivity contribution in [1.82, 2.24) is 19.7 Å². The van der Waals surface area contributed by atoms with Crippen LogP contribution in [0.1, 0.15) is 35.2 Å². The van der Waals surface area contributed by atoms with Crippen molar-refractivity contribution < 1.29 is 9.84 Å². The summed E-state index contributed by atoms with van der Waals surface area (Å²) in [6.07, 6.45) is 3.90. The van der Waals surface area contributed by atoms with Gasteiger partial charge in [-0.15, -0.1) is 11.3 Å². The van der Waals surface area contributed by atoms with E-state index in [1.807, 2.05) is 6.20 Å². The second-order valence-corrected chi connectivity index (χ2v) is 8.58. The summed E-state index contributed by atoms with van der Waals surface area (Å²) < 4.78 is 7.49. The number of rotatable bonds is 5. The van der Waals surface area contributed by atoms with Gasteiger partial charge in [0.05, 0.1) is 31.1 Å². The lowest BCUT2D eigenvalue weighted by Gasteiger charge is -2.27. The molecule has 1 saturated carbocycles. The number of aliphatic hydroxyl groups excluding tert-OH is 1. The largest absolute Gasteiger partial charge is 0.386 e. The van der Waals surface area contributed by atoms with Crippen molar-refractivity contribution in [2.75, 3.05) is 37.7 Å². The monoisotopic (exact) mass is 375 g/mol. The summed E-state index contributed by atoms with van der Waals surface area (Å²) in [4.78, 5) is 10.7. The normalized spacial score (nSPS) is 22.4. The van der Waals surface area contributed by atoms with E-state index >= 15 is 0 Å². The molecule has 2 aliphatic heterocycles. The maximum atomic E-state index is 10.3. The van der Waals surface area contributed by atoms with Crippen molar-refractivity contribution in [2.45, 2.75) is 38.6 Å². The van der Waals surface area contributed by atoms with Gasteiger partial charge in [0, 0.05) is 43.8 Å². The zero-order chi connectivity index (χ0) is 17.5. The molecule has 7 nitrogen and oxygen atoms in total. The third-order valence-corrected chi connectivity index (χ3v) is 6.51.